The van der Waals surface area contributed by atoms with Gasteiger partial charge >= 0.3 is 0 Å². The van der Waals surface area contributed by atoms with E-state index in [2.05, 4.69) is 15.6 Å². The summed E-state index contributed by atoms with van der Waals surface area (Å²) in [5.41, 5.74) is 1.90. The van der Waals surface area contributed by atoms with E-state index in [4.69, 9.17) is 27.6 Å². The fraction of sp³-hybridized carbons (Fsp3) is 0.150. The second kappa shape index (κ2) is 8.91. The Labute approximate surface area is 171 Å². The van der Waals surface area contributed by atoms with Crippen LogP contribution in [0, 0.1) is 6.92 Å². The molecule has 2 aromatic heterocycles. The zero-order chi connectivity index (χ0) is 20.1. The molecule has 2 amide bonds. The molecule has 0 aliphatic carbocycles. The number of halogens is 2. The van der Waals surface area contributed by atoms with Crippen LogP contribution in [0.1, 0.15) is 26.6 Å². The minimum Gasteiger partial charge on any atom is -0.451 e. The van der Waals surface area contributed by atoms with Crippen molar-refractivity contribution in [3.63, 3.8) is 0 Å². The van der Waals surface area contributed by atoms with Gasteiger partial charge in [0.1, 0.15) is 5.76 Å². The molecule has 1 aromatic carbocycles. The molecule has 0 atom stereocenters. The number of aryl methyl sites for hydroxylation is 1. The molecule has 28 heavy (non-hydrogen) atoms. The third kappa shape index (κ3) is 4.71. The quantitative estimate of drug-likeness (QED) is 0.590. The lowest BCUT2D eigenvalue weighted by Crippen LogP contribution is -2.34. The van der Waals surface area contributed by atoms with E-state index in [1.54, 1.807) is 42.5 Å². The summed E-state index contributed by atoms with van der Waals surface area (Å²) in [5, 5.41) is 6.16. The molecule has 0 aliphatic rings. The van der Waals surface area contributed by atoms with Crippen molar-refractivity contribution in [3.05, 3.63) is 75.7 Å². The fourth-order valence-electron chi connectivity index (χ4n) is 2.44. The number of furan rings is 1. The number of nitrogens with one attached hydrogen (secondary N) is 2. The van der Waals surface area contributed by atoms with Crippen LogP contribution in [0.2, 0.25) is 10.0 Å². The Morgan fingerprint density at radius 1 is 1.00 bits per heavy atom. The number of pyridine rings is 1. The molecular weight excluding hydrogens is 401 g/mol. The van der Waals surface area contributed by atoms with Crippen LogP contribution >= 0.6 is 23.2 Å². The van der Waals surface area contributed by atoms with Gasteiger partial charge in [-0.05, 0) is 43.3 Å². The number of carbonyl (C=O) groups is 2. The first kappa shape index (κ1) is 19.9. The lowest BCUT2D eigenvalue weighted by Gasteiger charge is -2.06. The molecule has 3 rings (SSSR count). The zero-order valence-electron chi connectivity index (χ0n) is 15.0. The highest BCUT2D eigenvalue weighted by Crippen LogP contribution is 2.34. The number of carbonyl (C=O) groups excluding carboxylic acids is 2. The Hall–Kier alpha value is -2.83. The summed E-state index contributed by atoms with van der Waals surface area (Å²) in [5.74, 6) is -0.0637. The molecule has 0 saturated carbocycles. The summed E-state index contributed by atoms with van der Waals surface area (Å²) < 4.78 is 5.58. The largest absolute Gasteiger partial charge is 0.451 e. The summed E-state index contributed by atoms with van der Waals surface area (Å²) in [6.45, 7) is 2.36. The van der Waals surface area contributed by atoms with Crippen LogP contribution in [-0.4, -0.2) is 29.9 Å². The highest BCUT2D eigenvalue weighted by atomic mass is 35.5. The molecule has 144 valence electrons. The average molecular weight is 418 g/mol. The molecule has 3 aromatic rings. The lowest BCUT2D eigenvalue weighted by atomic mass is 10.2. The number of amides is 2. The van der Waals surface area contributed by atoms with Gasteiger partial charge in [-0.2, -0.15) is 0 Å². The molecular formula is C20H17Cl2N3O3. The minimum atomic E-state index is -0.393. The molecule has 0 unspecified atom stereocenters. The lowest BCUT2D eigenvalue weighted by molar-refractivity contribution is 0.0911. The third-order valence-electron chi connectivity index (χ3n) is 3.92. The van der Waals surface area contributed by atoms with Gasteiger partial charge in [0, 0.05) is 30.5 Å². The van der Waals surface area contributed by atoms with Gasteiger partial charge in [0.25, 0.3) is 11.8 Å². The second-order valence-electron chi connectivity index (χ2n) is 5.97. The Morgan fingerprint density at radius 2 is 1.75 bits per heavy atom. The zero-order valence-corrected chi connectivity index (χ0v) is 16.5. The maximum Gasteiger partial charge on any atom is 0.287 e. The molecule has 0 radical (unpaired) electrons. The normalized spacial score (nSPS) is 10.5. The smallest absolute Gasteiger partial charge is 0.287 e. The van der Waals surface area contributed by atoms with E-state index >= 15 is 0 Å². The summed E-state index contributed by atoms with van der Waals surface area (Å²) in [4.78, 5) is 28.3. The number of hydrogen-bond donors (Lipinski definition) is 2. The fourth-order valence-corrected chi connectivity index (χ4v) is 2.84. The van der Waals surface area contributed by atoms with E-state index in [9.17, 15) is 9.59 Å². The molecule has 0 spiro atoms. The van der Waals surface area contributed by atoms with Crippen LogP contribution in [0.25, 0.3) is 11.3 Å². The van der Waals surface area contributed by atoms with Gasteiger partial charge in [-0.1, -0.05) is 29.3 Å². The van der Waals surface area contributed by atoms with Crippen LogP contribution in [0.3, 0.4) is 0 Å². The Balaban J connectivity index is 1.52. The number of benzene rings is 1. The first-order valence-electron chi connectivity index (χ1n) is 8.49. The topological polar surface area (TPSA) is 84.2 Å². The van der Waals surface area contributed by atoms with Gasteiger partial charge in [0.05, 0.1) is 15.6 Å². The van der Waals surface area contributed by atoms with Crippen molar-refractivity contribution >= 4 is 35.0 Å². The molecule has 2 N–H and O–H groups in total. The average Bonchev–Trinajstić information content (AvgIpc) is 3.17. The van der Waals surface area contributed by atoms with Crippen molar-refractivity contribution in [1.29, 1.82) is 0 Å². The second-order valence-corrected chi connectivity index (χ2v) is 6.75. The summed E-state index contributed by atoms with van der Waals surface area (Å²) in [7, 11) is 0. The molecule has 0 fully saturated rings. The minimum absolute atomic E-state index is 0.139. The van der Waals surface area contributed by atoms with Crippen LogP contribution in [0.5, 0.6) is 0 Å². The maximum atomic E-state index is 12.2. The number of nitrogens with zero attached hydrogens (tertiary/aromatic N) is 1. The van der Waals surface area contributed by atoms with Gasteiger partial charge in [0.15, 0.2) is 5.76 Å². The molecule has 0 aliphatic heterocycles. The Kier molecular flexibility index (Phi) is 6.34. The molecule has 8 heteroatoms. The maximum absolute atomic E-state index is 12.2. The Morgan fingerprint density at radius 3 is 2.46 bits per heavy atom. The van der Waals surface area contributed by atoms with E-state index in [1.165, 1.54) is 6.20 Å². The summed E-state index contributed by atoms with van der Waals surface area (Å²) >= 11 is 12.2. The van der Waals surface area contributed by atoms with Crippen molar-refractivity contribution in [2.75, 3.05) is 13.1 Å². The van der Waals surface area contributed by atoms with Gasteiger partial charge in [-0.15, -0.1) is 0 Å². The van der Waals surface area contributed by atoms with E-state index in [1.807, 2.05) is 6.92 Å². The van der Waals surface area contributed by atoms with E-state index in [0.717, 1.165) is 5.69 Å². The first-order valence-corrected chi connectivity index (χ1v) is 9.24. The highest BCUT2D eigenvalue weighted by Gasteiger charge is 2.15. The monoisotopic (exact) mass is 417 g/mol. The first-order chi connectivity index (χ1) is 13.5. The van der Waals surface area contributed by atoms with Crippen molar-refractivity contribution in [2.45, 2.75) is 6.92 Å². The van der Waals surface area contributed by atoms with Gasteiger partial charge < -0.3 is 15.1 Å². The van der Waals surface area contributed by atoms with E-state index in [0.29, 0.717) is 26.9 Å². The highest BCUT2D eigenvalue weighted by molar-refractivity contribution is 6.43. The predicted octanol–water partition coefficient (Wildman–Crippen LogP) is 4.12. The van der Waals surface area contributed by atoms with Gasteiger partial charge in [-0.25, -0.2) is 0 Å². The number of aromatic nitrogens is 1. The van der Waals surface area contributed by atoms with Crippen LogP contribution in [-0.2, 0) is 0 Å². The molecule has 0 bridgehead atoms. The van der Waals surface area contributed by atoms with Crippen molar-refractivity contribution in [2.24, 2.45) is 0 Å². The van der Waals surface area contributed by atoms with E-state index < -0.39 is 5.91 Å². The van der Waals surface area contributed by atoms with Gasteiger partial charge in [-0.3, -0.25) is 14.6 Å². The van der Waals surface area contributed by atoms with Crippen LogP contribution in [0.4, 0.5) is 0 Å². The number of rotatable bonds is 6. The van der Waals surface area contributed by atoms with Gasteiger partial charge in [0.2, 0.25) is 0 Å². The SMILES string of the molecule is Cc1ccc(C(=O)NCCNC(=O)c2ccc(-c3cccc(Cl)c3Cl)o2)cn1. The molecule has 0 saturated heterocycles. The third-order valence-corrected chi connectivity index (χ3v) is 4.74. The van der Waals surface area contributed by atoms with Crippen molar-refractivity contribution < 1.29 is 14.0 Å². The molecule has 6 nitrogen and oxygen atoms in total. The molecule has 2 heterocycles. The van der Waals surface area contributed by atoms with E-state index in [-0.39, 0.29) is 24.8 Å². The summed E-state index contributed by atoms with van der Waals surface area (Å²) in [6, 6.07) is 11.8. The van der Waals surface area contributed by atoms with Crippen LogP contribution < -0.4 is 10.6 Å². The standard InChI is InChI=1S/C20H17Cl2N3O3/c1-12-5-6-13(11-25-12)19(26)23-9-10-24-20(27)17-8-7-16(28-17)14-3-2-4-15(21)18(14)22/h2-8,11H,9-10H2,1H3,(H,23,26)(H,24,27). The van der Waals surface area contributed by atoms with Crippen LogP contribution in [0.15, 0.2) is 53.1 Å². The predicted molar refractivity (Wildman–Crippen MR) is 108 cm³/mol. The van der Waals surface area contributed by atoms with Crippen molar-refractivity contribution in [1.82, 2.24) is 15.6 Å². The number of hydrogen-bond acceptors (Lipinski definition) is 4. The Bertz CT molecular complexity index is 1000. The summed E-state index contributed by atoms with van der Waals surface area (Å²) in [6.07, 6.45) is 1.51. The van der Waals surface area contributed by atoms with Crippen molar-refractivity contribution in [3.8, 4) is 11.3 Å².